The first kappa shape index (κ1) is 25.5. The van der Waals surface area contributed by atoms with Crippen LogP contribution in [0.25, 0.3) is 0 Å². The Kier molecular flexibility index (Phi) is 10.4. The Labute approximate surface area is 194 Å². The smallest absolute Gasteiger partial charge is 0.341 e. The average Bonchev–Trinajstić information content (AvgIpc) is 3.09. The van der Waals surface area contributed by atoms with Crippen LogP contribution in [-0.4, -0.2) is 50.5 Å². The monoisotopic (exact) mass is 528 g/mol. The Morgan fingerprint density at radius 3 is 2.40 bits per heavy atom. The number of halogens is 1. The third-order valence-electron chi connectivity index (χ3n) is 4.18. The molecule has 1 aromatic carbocycles. The third kappa shape index (κ3) is 7.05. The second-order valence-corrected chi connectivity index (χ2v) is 6.62. The maximum Gasteiger partial charge on any atom is 0.341 e. The number of guanidine groups is 1. The minimum Gasteiger partial charge on any atom is -0.465 e. The molecule has 0 saturated heterocycles. The number of methoxy groups -OCH3 is 1. The molecule has 30 heavy (non-hydrogen) atoms. The maximum atomic E-state index is 12.0. The van der Waals surface area contributed by atoms with Crippen LogP contribution in [0.3, 0.4) is 0 Å². The zero-order valence-electron chi connectivity index (χ0n) is 17.9. The van der Waals surface area contributed by atoms with Crippen LogP contribution < -0.4 is 10.6 Å². The number of esters is 1. The minimum atomic E-state index is -0.422. The molecule has 0 aliphatic rings. The van der Waals surface area contributed by atoms with Crippen molar-refractivity contribution in [2.75, 3.05) is 27.7 Å². The van der Waals surface area contributed by atoms with E-state index in [1.54, 1.807) is 44.1 Å². The summed E-state index contributed by atoms with van der Waals surface area (Å²) in [5.74, 6) is 1.29. The van der Waals surface area contributed by atoms with Gasteiger partial charge in [0.1, 0.15) is 17.1 Å². The van der Waals surface area contributed by atoms with Crippen molar-refractivity contribution in [3.63, 3.8) is 0 Å². The van der Waals surface area contributed by atoms with Crippen LogP contribution in [0.2, 0.25) is 0 Å². The van der Waals surface area contributed by atoms with Crippen LogP contribution in [0.5, 0.6) is 0 Å². The van der Waals surface area contributed by atoms with Gasteiger partial charge in [-0.15, -0.1) is 24.0 Å². The first-order valence-electron chi connectivity index (χ1n) is 9.36. The standard InChI is InChI=1S/C21H28N4O4.HI/c1-6-22-21(24-13-17-11-18(14(2)29-17)20(27)28-5)23-12-15-7-9-16(10-8-15)19(26)25(3)4;/h7-11H,6,12-13H2,1-5H3,(H2,22,23,24);1H. The molecule has 0 saturated carbocycles. The summed E-state index contributed by atoms with van der Waals surface area (Å²) in [7, 11) is 4.79. The summed E-state index contributed by atoms with van der Waals surface area (Å²) < 4.78 is 10.3. The molecular formula is C21H29IN4O4. The third-order valence-corrected chi connectivity index (χ3v) is 4.18. The number of ether oxygens (including phenoxy) is 1. The maximum absolute atomic E-state index is 12.0. The number of aryl methyl sites for hydroxylation is 1. The number of rotatable bonds is 7. The van der Waals surface area contributed by atoms with Crippen LogP contribution in [0.1, 0.15) is 44.7 Å². The number of nitrogens with one attached hydrogen (secondary N) is 2. The fourth-order valence-electron chi connectivity index (χ4n) is 2.64. The lowest BCUT2D eigenvalue weighted by Crippen LogP contribution is -2.36. The quantitative estimate of drug-likeness (QED) is 0.249. The first-order valence-corrected chi connectivity index (χ1v) is 9.36. The highest BCUT2D eigenvalue weighted by Gasteiger charge is 2.15. The Morgan fingerprint density at radius 1 is 1.17 bits per heavy atom. The topological polar surface area (TPSA) is 96.2 Å². The van der Waals surface area contributed by atoms with E-state index in [1.807, 2.05) is 19.1 Å². The number of hydrogen-bond donors (Lipinski definition) is 2. The number of hydrogen-bond acceptors (Lipinski definition) is 5. The highest BCUT2D eigenvalue weighted by atomic mass is 127. The summed E-state index contributed by atoms with van der Waals surface area (Å²) in [6.45, 7) is 5.23. The van der Waals surface area contributed by atoms with E-state index in [-0.39, 0.29) is 29.9 Å². The van der Waals surface area contributed by atoms with Gasteiger partial charge in [-0.25, -0.2) is 9.79 Å². The lowest BCUT2D eigenvalue weighted by molar-refractivity contribution is 0.0598. The van der Waals surface area contributed by atoms with Gasteiger partial charge in [-0.2, -0.15) is 0 Å². The molecule has 0 aliphatic carbocycles. The molecule has 1 amide bonds. The van der Waals surface area contributed by atoms with Gasteiger partial charge in [-0.3, -0.25) is 4.79 Å². The van der Waals surface area contributed by atoms with Crippen molar-refractivity contribution in [2.24, 2.45) is 4.99 Å². The number of aliphatic imine (C=N–C) groups is 1. The van der Waals surface area contributed by atoms with Crippen LogP contribution in [-0.2, 0) is 17.8 Å². The van der Waals surface area contributed by atoms with Gasteiger partial charge in [0.05, 0.1) is 20.2 Å². The van der Waals surface area contributed by atoms with Crippen molar-refractivity contribution in [1.82, 2.24) is 15.5 Å². The predicted octanol–water partition coefficient (Wildman–Crippen LogP) is 2.95. The van der Waals surface area contributed by atoms with Crippen molar-refractivity contribution in [3.05, 3.63) is 58.5 Å². The molecule has 0 bridgehead atoms. The molecule has 0 aliphatic heterocycles. The van der Waals surface area contributed by atoms with Gasteiger partial charge in [-0.05, 0) is 37.6 Å². The van der Waals surface area contributed by atoms with Gasteiger partial charge < -0.3 is 24.7 Å². The van der Waals surface area contributed by atoms with Crippen LogP contribution in [0, 0.1) is 6.92 Å². The highest BCUT2D eigenvalue weighted by Crippen LogP contribution is 2.15. The number of carbonyl (C=O) groups is 2. The number of amides is 1. The summed E-state index contributed by atoms with van der Waals surface area (Å²) >= 11 is 0. The summed E-state index contributed by atoms with van der Waals surface area (Å²) in [4.78, 5) is 29.7. The molecule has 164 valence electrons. The fraction of sp³-hybridized carbons (Fsp3) is 0.381. The second kappa shape index (κ2) is 12.2. The number of furan rings is 1. The molecule has 1 aromatic heterocycles. The molecule has 8 nitrogen and oxygen atoms in total. The molecule has 0 unspecified atom stereocenters. The van der Waals surface area contributed by atoms with E-state index in [2.05, 4.69) is 15.6 Å². The van der Waals surface area contributed by atoms with Crippen LogP contribution >= 0.6 is 24.0 Å². The molecular weight excluding hydrogens is 499 g/mol. The van der Waals surface area contributed by atoms with Gasteiger partial charge in [0.25, 0.3) is 5.91 Å². The normalized spacial score (nSPS) is 10.8. The summed E-state index contributed by atoms with van der Waals surface area (Å²) in [5.41, 5.74) is 2.04. The van der Waals surface area contributed by atoms with E-state index in [4.69, 9.17) is 9.15 Å². The number of nitrogens with zero attached hydrogens (tertiary/aromatic N) is 2. The second-order valence-electron chi connectivity index (χ2n) is 6.62. The lowest BCUT2D eigenvalue weighted by atomic mass is 10.1. The summed E-state index contributed by atoms with van der Waals surface area (Å²) in [6, 6.07) is 9.05. The van der Waals surface area contributed by atoms with Crippen molar-refractivity contribution >= 4 is 41.8 Å². The molecule has 0 radical (unpaired) electrons. The zero-order valence-corrected chi connectivity index (χ0v) is 20.3. The Hall–Kier alpha value is -2.56. The zero-order chi connectivity index (χ0) is 21.4. The van der Waals surface area contributed by atoms with E-state index >= 15 is 0 Å². The lowest BCUT2D eigenvalue weighted by Gasteiger charge is -2.11. The molecule has 2 aromatic rings. The molecule has 0 atom stereocenters. The molecule has 0 fully saturated rings. The molecule has 2 rings (SSSR count). The molecule has 1 heterocycles. The van der Waals surface area contributed by atoms with Crippen molar-refractivity contribution in [2.45, 2.75) is 26.9 Å². The molecule has 0 spiro atoms. The predicted molar refractivity (Wildman–Crippen MR) is 126 cm³/mol. The van der Waals surface area contributed by atoms with E-state index in [0.29, 0.717) is 48.2 Å². The van der Waals surface area contributed by atoms with Crippen molar-refractivity contribution in [1.29, 1.82) is 0 Å². The Bertz CT molecular complexity index is 876. The Morgan fingerprint density at radius 2 is 1.83 bits per heavy atom. The number of carbonyl (C=O) groups excluding carboxylic acids is 2. The highest BCUT2D eigenvalue weighted by molar-refractivity contribution is 14.0. The van der Waals surface area contributed by atoms with Gasteiger partial charge in [0.2, 0.25) is 0 Å². The fourth-order valence-corrected chi connectivity index (χ4v) is 2.64. The van der Waals surface area contributed by atoms with Crippen LogP contribution in [0.15, 0.2) is 39.7 Å². The van der Waals surface area contributed by atoms with Gasteiger partial charge in [0.15, 0.2) is 5.96 Å². The number of benzene rings is 1. The largest absolute Gasteiger partial charge is 0.465 e. The van der Waals surface area contributed by atoms with E-state index < -0.39 is 5.97 Å². The molecule has 9 heteroatoms. The van der Waals surface area contributed by atoms with E-state index in [0.717, 1.165) is 5.56 Å². The summed E-state index contributed by atoms with van der Waals surface area (Å²) in [6.07, 6.45) is 0. The average molecular weight is 528 g/mol. The van der Waals surface area contributed by atoms with E-state index in [9.17, 15) is 9.59 Å². The molecule has 2 N–H and O–H groups in total. The Balaban J connectivity index is 0.00000450. The SMILES string of the molecule is CCNC(=NCc1ccc(C(=O)N(C)C)cc1)NCc1cc(C(=O)OC)c(C)o1.I. The summed E-state index contributed by atoms with van der Waals surface area (Å²) in [5, 5.41) is 6.35. The first-order chi connectivity index (χ1) is 13.8. The van der Waals surface area contributed by atoms with Crippen LogP contribution in [0.4, 0.5) is 0 Å². The van der Waals surface area contributed by atoms with Gasteiger partial charge >= 0.3 is 5.97 Å². The minimum absolute atomic E-state index is 0. The van der Waals surface area contributed by atoms with E-state index in [1.165, 1.54) is 7.11 Å². The van der Waals surface area contributed by atoms with Gasteiger partial charge in [0, 0.05) is 26.2 Å². The van der Waals surface area contributed by atoms with Crippen molar-refractivity contribution in [3.8, 4) is 0 Å². The van der Waals surface area contributed by atoms with Crippen molar-refractivity contribution < 1.29 is 18.7 Å². The van der Waals surface area contributed by atoms with Gasteiger partial charge in [-0.1, -0.05) is 12.1 Å².